The normalized spacial score (nSPS) is 23.1. The molecule has 0 bridgehead atoms. The number of allylic oxidation sites excluding steroid dienone is 3. The van der Waals surface area contributed by atoms with E-state index in [9.17, 15) is 18.0 Å². The van der Waals surface area contributed by atoms with E-state index in [0.717, 1.165) is 30.7 Å². The van der Waals surface area contributed by atoms with Crippen molar-refractivity contribution in [3.05, 3.63) is 83.6 Å². The van der Waals surface area contributed by atoms with Gasteiger partial charge in [0.1, 0.15) is 0 Å². The summed E-state index contributed by atoms with van der Waals surface area (Å²) in [5, 5.41) is 6.28. The lowest BCUT2D eigenvalue weighted by atomic mass is 9.90. The van der Waals surface area contributed by atoms with Crippen molar-refractivity contribution >= 4 is 5.91 Å². The number of benzene rings is 2. The fourth-order valence-electron chi connectivity index (χ4n) is 4.32. The first-order valence-electron chi connectivity index (χ1n) is 10.0. The van der Waals surface area contributed by atoms with Gasteiger partial charge < -0.3 is 10.6 Å². The van der Waals surface area contributed by atoms with Gasteiger partial charge in [-0.3, -0.25) is 4.79 Å². The Morgan fingerprint density at radius 1 is 1.00 bits per heavy atom. The summed E-state index contributed by atoms with van der Waals surface area (Å²) < 4.78 is 38.5. The maximum Gasteiger partial charge on any atom is 0.416 e. The highest BCUT2D eigenvalue weighted by atomic mass is 19.4. The largest absolute Gasteiger partial charge is 0.416 e. The third-order valence-electron chi connectivity index (χ3n) is 5.94. The molecule has 0 spiro atoms. The second-order valence-corrected chi connectivity index (χ2v) is 7.84. The Balaban J connectivity index is 1.54. The van der Waals surface area contributed by atoms with Gasteiger partial charge in [-0.1, -0.05) is 42.5 Å². The number of rotatable bonds is 4. The van der Waals surface area contributed by atoms with Crippen molar-refractivity contribution in [1.29, 1.82) is 0 Å². The van der Waals surface area contributed by atoms with Crippen molar-refractivity contribution in [3.8, 4) is 11.1 Å². The molecule has 3 atom stereocenters. The van der Waals surface area contributed by atoms with Crippen LogP contribution < -0.4 is 10.6 Å². The second-order valence-electron chi connectivity index (χ2n) is 7.84. The van der Waals surface area contributed by atoms with Gasteiger partial charge in [-0.2, -0.15) is 13.2 Å². The predicted molar refractivity (Wildman–Crippen MR) is 111 cm³/mol. The Hall–Kier alpha value is -2.86. The number of hydrogen-bond acceptors (Lipinski definition) is 2. The standard InChI is InChI=1S/C24H23F3N2O/c1-28-20-12-16-8-11-19(13-17(16)14-20)29-23(30)22-5-3-2-4-21(22)15-6-9-18(10-7-15)24(25,26)27/h2-11,13,16-17,20,28H,12,14H2,1H3,(H,29,30). The Morgan fingerprint density at radius 3 is 2.40 bits per heavy atom. The number of carbonyl (C=O) groups is 1. The topological polar surface area (TPSA) is 41.1 Å². The van der Waals surface area contributed by atoms with Crippen LogP contribution >= 0.6 is 0 Å². The molecule has 3 nitrogen and oxygen atoms in total. The highest BCUT2D eigenvalue weighted by Gasteiger charge is 2.33. The highest BCUT2D eigenvalue weighted by Crippen LogP contribution is 2.37. The zero-order chi connectivity index (χ0) is 21.3. The molecule has 30 heavy (non-hydrogen) atoms. The molecule has 0 aliphatic heterocycles. The molecule has 0 saturated heterocycles. The first-order chi connectivity index (χ1) is 14.3. The third kappa shape index (κ3) is 4.19. The number of halogens is 3. The monoisotopic (exact) mass is 412 g/mol. The molecule has 2 aliphatic rings. The van der Waals surface area contributed by atoms with Gasteiger partial charge in [-0.15, -0.1) is 0 Å². The van der Waals surface area contributed by atoms with Crippen LogP contribution in [0, 0.1) is 11.8 Å². The fourth-order valence-corrected chi connectivity index (χ4v) is 4.32. The van der Waals surface area contributed by atoms with Crippen molar-refractivity contribution in [2.75, 3.05) is 7.05 Å². The number of carbonyl (C=O) groups excluding carboxylic acids is 1. The lowest BCUT2D eigenvalue weighted by Crippen LogP contribution is -2.25. The quantitative estimate of drug-likeness (QED) is 0.728. The van der Waals surface area contributed by atoms with Crippen molar-refractivity contribution in [2.24, 2.45) is 11.8 Å². The van der Waals surface area contributed by atoms with Crippen molar-refractivity contribution in [2.45, 2.75) is 25.1 Å². The van der Waals surface area contributed by atoms with Gasteiger partial charge in [0.05, 0.1) is 5.56 Å². The Bertz CT molecular complexity index is 992. The maximum absolute atomic E-state index is 13.0. The molecule has 0 aromatic heterocycles. The number of fused-ring (bicyclic) bond motifs is 1. The van der Waals surface area contributed by atoms with Crippen LogP contribution in [0.3, 0.4) is 0 Å². The van der Waals surface area contributed by atoms with E-state index >= 15 is 0 Å². The fraction of sp³-hybridized carbons (Fsp3) is 0.292. The summed E-state index contributed by atoms with van der Waals surface area (Å²) in [5.41, 5.74) is 1.64. The molecule has 1 fully saturated rings. The lowest BCUT2D eigenvalue weighted by molar-refractivity contribution is -0.137. The maximum atomic E-state index is 13.0. The summed E-state index contributed by atoms with van der Waals surface area (Å²) in [7, 11) is 1.97. The summed E-state index contributed by atoms with van der Waals surface area (Å²) >= 11 is 0. The third-order valence-corrected chi connectivity index (χ3v) is 5.94. The van der Waals surface area contributed by atoms with Gasteiger partial charge in [-0.25, -0.2) is 0 Å². The molecule has 2 aliphatic carbocycles. The van der Waals surface area contributed by atoms with Gasteiger partial charge in [0.2, 0.25) is 0 Å². The van der Waals surface area contributed by atoms with Crippen LogP contribution in [0.15, 0.2) is 72.5 Å². The summed E-state index contributed by atoms with van der Waals surface area (Å²) in [4.78, 5) is 13.0. The van der Waals surface area contributed by atoms with E-state index in [2.05, 4.69) is 22.8 Å². The van der Waals surface area contributed by atoms with Crippen molar-refractivity contribution in [3.63, 3.8) is 0 Å². The average molecular weight is 412 g/mol. The van der Waals surface area contributed by atoms with E-state index in [1.165, 1.54) is 12.1 Å². The average Bonchev–Trinajstić information content (AvgIpc) is 3.16. The van der Waals surface area contributed by atoms with Gasteiger partial charge in [0.15, 0.2) is 0 Å². The number of alkyl halides is 3. The summed E-state index contributed by atoms with van der Waals surface area (Å²) in [6, 6.07) is 12.3. The molecule has 4 rings (SSSR count). The van der Waals surface area contributed by atoms with Gasteiger partial charge in [0, 0.05) is 17.3 Å². The van der Waals surface area contributed by atoms with Gasteiger partial charge >= 0.3 is 6.18 Å². The molecule has 1 amide bonds. The highest BCUT2D eigenvalue weighted by molar-refractivity contribution is 6.01. The van der Waals surface area contributed by atoms with Crippen molar-refractivity contribution in [1.82, 2.24) is 10.6 Å². The molecule has 3 unspecified atom stereocenters. The van der Waals surface area contributed by atoms with E-state index < -0.39 is 11.7 Å². The van der Waals surface area contributed by atoms with Crippen LogP contribution in [-0.4, -0.2) is 19.0 Å². The molecule has 156 valence electrons. The minimum atomic E-state index is -4.39. The smallest absolute Gasteiger partial charge is 0.322 e. The minimum absolute atomic E-state index is 0.275. The molecule has 0 radical (unpaired) electrons. The van der Waals surface area contributed by atoms with E-state index in [1.807, 2.05) is 13.1 Å². The van der Waals surface area contributed by atoms with Crippen LogP contribution in [0.2, 0.25) is 0 Å². The molecular formula is C24H23F3N2O. The van der Waals surface area contributed by atoms with Crippen molar-refractivity contribution < 1.29 is 18.0 Å². The van der Waals surface area contributed by atoms with Gasteiger partial charge in [0.25, 0.3) is 5.91 Å². The molecule has 0 heterocycles. The Kier molecular flexibility index (Phi) is 5.52. The summed E-state index contributed by atoms with van der Waals surface area (Å²) in [5.74, 6) is 0.610. The number of hydrogen-bond donors (Lipinski definition) is 2. The number of nitrogens with one attached hydrogen (secondary N) is 2. The van der Waals surface area contributed by atoms with E-state index in [-0.39, 0.29) is 5.91 Å². The predicted octanol–water partition coefficient (Wildman–Crippen LogP) is 5.17. The van der Waals surface area contributed by atoms with Crippen LogP contribution in [0.1, 0.15) is 28.8 Å². The second kappa shape index (κ2) is 8.11. The van der Waals surface area contributed by atoms with Gasteiger partial charge in [-0.05, 0) is 67.1 Å². The molecule has 2 aromatic rings. The molecule has 6 heteroatoms. The summed E-state index contributed by atoms with van der Waals surface area (Å²) in [6.45, 7) is 0. The molecular weight excluding hydrogens is 389 g/mol. The SMILES string of the molecule is CNC1CC2C=CC(NC(=O)c3ccccc3-c3ccc(C(F)(F)F)cc3)=CC2C1. The minimum Gasteiger partial charge on any atom is -0.322 e. The Labute approximate surface area is 173 Å². The zero-order valence-electron chi connectivity index (χ0n) is 16.5. The van der Waals surface area contributed by atoms with E-state index in [1.54, 1.807) is 24.3 Å². The van der Waals surface area contributed by atoms with E-state index in [4.69, 9.17) is 0 Å². The van der Waals surface area contributed by atoms with Crippen LogP contribution in [0.4, 0.5) is 13.2 Å². The summed E-state index contributed by atoms with van der Waals surface area (Å²) in [6.07, 6.45) is 3.94. The van der Waals surface area contributed by atoms with E-state index in [0.29, 0.717) is 34.6 Å². The zero-order valence-corrected chi connectivity index (χ0v) is 16.5. The van der Waals surface area contributed by atoms with Crippen LogP contribution in [0.25, 0.3) is 11.1 Å². The molecule has 2 N–H and O–H groups in total. The van der Waals surface area contributed by atoms with Crippen LogP contribution in [0.5, 0.6) is 0 Å². The first kappa shape index (κ1) is 20.4. The molecule has 2 aromatic carbocycles. The lowest BCUT2D eigenvalue weighted by Gasteiger charge is -2.19. The number of amides is 1. The van der Waals surface area contributed by atoms with Crippen LogP contribution in [-0.2, 0) is 6.18 Å². The Morgan fingerprint density at radius 2 is 1.70 bits per heavy atom. The molecule has 1 saturated carbocycles. The first-order valence-corrected chi connectivity index (χ1v) is 10.0.